The number of nitrogen functional groups attached to an aromatic ring is 1. The van der Waals surface area contributed by atoms with Gasteiger partial charge in [0, 0.05) is 11.2 Å². The van der Waals surface area contributed by atoms with Crippen LogP contribution in [0.2, 0.25) is 5.02 Å². The minimum absolute atomic E-state index is 0.0635. The van der Waals surface area contributed by atoms with Gasteiger partial charge in [0.15, 0.2) is 0 Å². The number of nitrogens with two attached hydrogens (primary N) is 1. The molecule has 2 aromatic carbocycles. The molecule has 0 aliphatic heterocycles. The first-order chi connectivity index (χ1) is 14.5. The minimum atomic E-state index is -3.80. The SMILES string of the molecule is CC(C)(C)c1ccc(S(=O)(=O)Nc2ccc(Cl)cc2-n2ccc3nc(N)ccc32)cc1. The smallest absolute Gasteiger partial charge is 0.261 e. The largest absolute Gasteiger partial charge is 0.384 e. The van der Waals surface area contributed by atoms with Gasteiger partial charge >= 0.3 is 0 Å². The van der Waals surface area contributed by atoms with Crippen LogP contribution < -0.4 is 10.5 Å². The van der Waals surface area contributed by atoms with E-state index in [-0.39, 0.29) is 10.3 Å². The van der Waals surface area contributed by atoms with Crippen molar-refractivity contribution >= 4 is 44.2 Å². The van der Waals surface area contributed by atoms with Crippen LogP contribution in [0.4, 0.5) is 11.5 Å². The second-order valence-corrected chi connectivity index (χ2v) is 10.5. The Morgan fingerprint density at radius 2 is 1.71 bits per heavy atom. The minimum Gasteiger partial charge on any atom is -0.384 e. The van der Waals surface area contributed by atoms with Crippen molar-refractivity contribution in [3.63, 3.8) is 0 Å². The molecular weight excluding hydrogens is 432 g/mol. The van der Waals surface area contributed by atoms with E-state index < -0.39 is 10.0 Å². The lowest BCUT2D eigenvalue weighted by molar-refractivity contribution is 0.587. The van der Waals surface area contributed by atoms with E-state index in [4.69, 9.17) is 17.3 Å². The molecule has 0 fully saturated rings. The van der Waals surface area contributed by atoms with Crippen molar-refractivity contribution in [2.45, 2.75) is 31.1 Å². The predicted octanol–water partition coefficient (Wildman–Crippen LogP) is 5.36. The summed E-state index contributed by atoms with van der Waals surface area (Å²) in [5, 5.41) is 0.484. The molecule has 0 unspecified atom stereocenters. The number of nitrogens with one attached hydrogen (secondary N) is 1. The number of pyridine rings is 1. The monoisotopic (exact) mass is 454 g/mol. The Hall–Kier alpha value is -3.03. The highest BCUT2D eigenvalue weighted by molar-refractivity contribution is 7.92. The third kappa shape index (κ3) is 4.24. The van der Waals surface area contributed by atoms with E-state index in [1.165, 1.54) is 0 Å². The van der Waals surface area contributed by atoms with Crippen LogP contribution >= 0.6 is 11.6 Å². The van der Waals surface area contributed by atoms with Crippen LogP contribution in [0.15, 0.2) is 71.8 Å². The fourth-order valence-corrected chi connectivity index (χ4v) is 4.61. The first kappa shape index (κ1) is 21.2. The maximum absolute atomic E-state index is 13.1. The van der Waals surface area contributed by atoms with Gasteiger partial charge in [-0.2, -0.15) is 0 Å². The van der Waals surface area contributed by atoms with E-state index in [9.17, 15) is 8.42 Å². The Bertz CT molecular complexity index is 1370. The molecule has 8 heteroatoms. The second-order valence-electron chi connectivity index (χ2n) is 8.37. The number of rotatable bonds is 4. The average Bonchev–Trinajstić information content (AvgIpc) is 3.11. The van der Waals surface area contributed by atoms with Crippen LogP contribution in [0.5, 0.6) is 0 Å². The molecule has 31 heavy (non-hydrogen) atoms. The van der Waals surface area contributed by atoms with Crippen molar-refractivity contribution in [2.75, 3.05) is 10.5 Å². The zero-order chi connectivity index (χ0) is 22.4. The Morgan fingerprint density at radius 1 is 1.00 bits per heavy atom. The van der Waals surface area contributed by atoms with Crippen molar-refractivity contribution in [3.8, 4) is 5.69 Å². The number of fused-ring (bicyclic) bond motifs is 1. The van der Waals surface area contributed by atoms with Crippen molar-refractivity contribution < 1.29 is 8.42 Å². The highest BCUT2D eigenvalue weighted by Crippen LogP contribution is 2.31. The van der Waals surface area contributed by atoms with E-state index in [2.05, 4.69) is 30.5 Å². The number of nitrogens with zero attached hydrogens (tertiary/aromatic N) is 2. The summed E-state index contributed by atoms with van der Waals surface area (Å²) in [5.41, 5.74) is 9.25. The highest BCUT2D eigenvalue weighted by Gasteiger charge is 2.20. The van der Waals surface area contributed by atoms with Gasteiger partial charge in [-0.3, -0.25) is 4.72 Å². The van der Waals surface area contributed by atoms with E-state index in [1.54, 1.807) is 42.6 Å². The Balaban J connectivity index is 1.75. The first-order valence-corrected chi connectivity index (χ1v) is 11.6. The number of hydrogen-bond acceptors (Lipinski definition) is 4. The van der Waals surface area contributed by atoms with Crippen LogP contribution in [-0.2, 0) is 15.4 Å². The van der Waals surface area contributed by atoms with E-state index in [0.29, 0.717) is 27.7 Å². The molecule has 0 radical (unpaired) electrons. The molecule has 3 N–H and O–H groups in total. The van der Waals surface area contributed by atoms with Gasteiger partial charge in [0.2, 0.25) is 0 Å². The maximum atomic E-state index is 13.1. The zero-order valence-electron chi connectivity index (χ0n) is 17.4. The van der Waals surface area contributed by atoms with Crippen LogP contribution in [0.1, 0.15) is 26.3 Å². The molecule has 160 valence electrons. The summed E-state index contributed by atoms with van der Waals surface area (Å²) in [4.78, 5) is 4.50. The Labute approximate surface area is 186 Å². The van der Waals surface area contributed by atoms with Crippen LogP contribution in [-0.4, -0.2) is 18.0 Å². The van der Waals surface area contributed by atoms with E-state index in [1.807, 2.05) is 28.8 Å². The fourth-order valence-electron chi connectivity index (χ4n) is 3.37. The lowest BCUT2D eigenvalue weighted by Crippen LogP contribution is -2.16. The van der Waals surface area contributed by atoms with Gasteiger partial charge in [0.1, 0.15) is 5.82 Å². The molecule has 0 atom stereocenters. The molecule has 2 aromatic heterocycles. The van der Waals surface area contributed by atoms with Crippen molar-refractivity contribution in [1.29, 1.82) is 0 Å². The topological polar surface area (TPSA) is 90.0 Å². The molecule has 0 aliphatic carbocycles. The summed E-state index contributed by atoms with van der Waals surface area (Å²) < 4.78 is 30.7. The molecule has 4 rings (SSSR count). The molecule has 6 nitrogen and oxygen atoms in total. The Kier molecular flexibility index (Phi) is 5.19. The first-order valence-electron chi connectivity index (χ1n) is 9.71. The zero-order valence-corrected chi connectivity index (χ0v) is 19.0. The maximum Gasteiger partial charge on any atom is 0.261 e. The number of benzene rings is 2. The average molecular weight is 455 g/mol. The van der Waals surface area contributed by atoms with Gasteiger partial charge in [0.05, 0.1) is 27.3 Å². The quantitative estimate of drug-likeness (QED) is 0.434. The normalized spacial score (nSPS) is 12.3. The lowest BCUT2D eigenvalue weighted by atomic mass is 9.87. The van der Waals surface area contributed by atoms with E-state index >= 15 is 0 Å². The van der Waals surface area contributed by atoms with Gasteiger partial charge in [-0.25, -0.2) is 13.4 Å². The summed E-state index contributed by atoms with van der Waals surface area (Å²) in [6.45, 7) is 6.25. The predicted molar refractivity (Wildman–Crippen MR) is 126 cm³/mol. The van der Waals surface area contributed by atoms with Gasteiger partial charge < -0.3 is 10.3 Å². The summed E-state index contributed by atoms with van der Waals surface area (Å²) in [5.74, 6) is 0.413. The lowest BCUT2D eigenvalue weighted by Gasteiger charge is -2.19. The highest BCUT2D eigenvalue weighted by atomic mass is 35.5. The van der Waals surface area contributed by atoms with E-state index in [0.717, 1.165) is 11.1 Å². The summed E-state index contributed by atoms with van der Waals surface area (Å²) in [6.07, 6.45) is 1.80. The second kappa shape index (κ2) is 7.59. The molecule has 0 saturated heterocycles. The molecule has 2 heterocycles. The molecular formula is C23H23ClN4O2S. The number of anilines is 2. The van der Waals surface area contributed by atoms with Gasteiger partial charge in [-0.15, -0.1) is 0 Å². The van der Waals surface area contributed by atoms with Crippen LogP contribution in [0, 0.1) is 0 Å². The molecule has 0 saturated carbocycles. The fraction of sp³-hybridized carbons (Fsp3) is 0.174. The summed E-state index contributed by atoms with van der Waals surface area (Å²) in [6, 6.07) is 17.3. The van der Waals surface area contributed by atoms with Crippen molar-refractivity contribution in [1.82, 2.24) is 9.55 Å². The Morgan fingerprint density at radius 3 is 2.39 bits per heavy atom. The number of sulfonamides is 1. The molecule has 0 bridgehead atoms. The number of halogens is 1. The van der Waals surface area contributed by atoms with Crippen LogP contribution in [0.3, 0.4) is 0 Å². The molecule has 0 aliphatic rings. The van der Waals surface area contributed by atoms with Crippen molar-refractivity contribution in [2.24, 2.45) is 0 Å². The summed E-state index contributed by atoms with van der Waals surface area (Å²) in [7, 11) is -3.80. The summed E-state index contributed by atoms with van der Waals surface area (Å²) >= 11 is 6.23. The van der Waals surface area contributed by atoms with Gasteiger partial charge in [0.25, 0.3) is 10.0 Å². The number of hydrogen-bond donors (Lipinski definition) is 2. The third-order valence-corrected chi connectivity index (χ3v) is 6.68. The standard InChI is InChI=1S/C23H23ClN4O2S/c1-23(2,3)15-4-7-17(8-5-15)31(29,30)27-19-9-6-16(24)14-21(19)28-13-12-18-20(28)10-11-22(25)26-18/h4-14,27H,1-3H3,(H2,25,26). The van der Waals surface area contributed by atoms with Gasteiger partial charge in [-0.05, 0) is 59.5 Å². The van der Waals surface area contributed by atoms with Crippen molar-refractivity contribution in [3.05, 3.63) is 77.4 Å². The molecule has 0 spiro atoms. The van der Waals surface area contributed by atoms with Gasteiger partial charge in [-0.1, -0.05) is 44.5 Å². The molecule has 4 aromatic rings. The third-order valence-electron chi connectivity index (χ3n) is 5.06. The van der Waals surface area contributed by atoms with Crippen LogP contribution in [0.25, 0.3) is 16.7 Å². The number of aromatic nitrogens is 2. The molecule has 0 amide bonds.